The minimum atomic E-state index is -1.66. The van der Waals surface area contributed by atoms with Gasteiger partial charge < -0.3 is 28.1 Å². The van der Waals surface area contributed by atoms with Crippen molar-refractivity contribution in [3.8, 4) is 0 Å². The van der Waals surface area contributed by atoms with E-state index in [2.05, 4.69) is 33.9 Å². The van der Waals surface area contributed by atoms with Gasteiger partial charge in [0.25, 0.3) is 0 Å². The molecule has 0 saturated carbocycles. The van der Waals surface area contributed by atoms with Crippen LogP contribution in [0.15, 0.2) is 0 Å². The van der Waals surface area contributed by atoms with Crippen LogP contribution in [0, 0.1) is 0 Å². The first-order valence-corrected chi connectivity index (χ1v) is 12.8. The smallest absolute Gasteiger partial charge is 0.192 e. The highest BCUT2D eigenvalue weighted by atomic mass is 35.5. The van der Waals surface area contributed by atoms with Crippen LogP contribution in [0.4, 0.5) is 0 Å². The molecule has 0 N–H and O–H groups in total. The Morgan fingerprint density at radius 3 is 1.19 bits per heavy atom. The number of ether oxygens (including phenoxy) is 5. The second kappa shape index (κ2) is 16.2. The third-order valence-electron chi connectivity index (χ3n) is 4.21. The fourth-order valence-electron chi connectivity index (χ4n) is 1.61. The molecule has 158 valence electrons. The Morgan fingerprint density at radius 2 is 0.885 bits per heavy atom. The van der Waals surface area contributed by atoms with Crippen LogP contribution in [0.25, 0.3) is 0 Å². The second-order valence-electron chi connectivity index (χ2n) is 7.36. The van der Waals surface area contributed by atoms with E-state index in [0.29, 0.717) is 78.6 Å². The van der Waals surface area contributed by atoms with Crippen LogP contribution >= 0.6 is 11.6 Å². The number of rotatable bonds is 18. The van der Waals surface area contributed by atoms with Crippen molar-refractivity contribution in [3.63, 3.8) is 0 Å². The van der Waals surface area contributed by atoms with E-state index >= 15 is 0 Å². The molecule has 0 saturated heterocycles. The summed E-state index contributed by atoms with van der Waals surface area (Å²) in [7, 11) is -1.66. The minimum absolute atomic E-state index is 0.235. The summed E-state index contributed by atoms with van der Waals surface area (Å²) in [4.78, 5) is 0. The van der Waals surface area contributed by atoms with Crippen molar-refractivity contribution >= 4 is 19.9 Å². The Bertz CT molecular complexity index is 313. The summed E-state index contributed by atoms with van der Waals surface area (Å²) in [6, 6.07) is 0. The zero-order valence-corrected chi connectivity index (χ0v) is 19.1. The highest BCUT2D eigenvalue weighted by Gasteiger charge is 2.36. The molecule has 0 atom stereocenters. The Kier molecular flexibility index (Phi) is 16.4. The molecule has 0 aromatic rings. The maximum atomic E-state index is 6.04. The van der Waals surface area contributed by atoms with Gasteiger partial charge in [0.2, 0.25) is 0 Å². The molecule has 26 heavy (non-hydrogen) atoms. The molecule has 0 aromatic carbocycles. The lowest BCUT2D eigenvalue weighted by Gasteiger charge is -2.36. The fourth-order valence-corrected chi connectivity index (χ4v) is 2.74. The Balaban J connectivity index is 3.21. The molecular formula is C18H39ClO6Si. The van der Waals surface area contributed by atoms with Crippen molar-refractivity contribution in [1.82, 2.24) is 0 Å². The number of alkyl halides is 1. The van der Waals surface area contributed by atoms with E-state index in [1.54, 1.807) is 0 Å². The SMILES string of the molecule is CC(C)(C)[Si](C)(C)OCCOCCOCCOCCOCCOCCCl. The molecule has 0 aliphatic heterocycles. The van der Waals surface area contributed by atoms with Gasteiger partial charge in [-0.2, -0.15) is 0 Å². The molecule has 0 bridgehead atoms. The van der Waals surface area contributed by atoms with Crippen LogP contribution in [0.2, 0.25) is 18.1 Å². The highest BCUT2D eigenvalue weighted by molar-refractivity contribution is 6.74. The van der Waals surface area contributed by atoms with E-state index in [0.717, 1.165) is 0 Å². The molecule has 0 unspecified atom stereocenters. The van der Waals surface area contributed by atoms with Gasteiger partial charge in [0.05, 0.1) is 72.7 Å². The summed E-state index contributed by atoms with van der Waals surface area (Å²) >= 11 is 5.49. The predicted octanol–water partition coefficient (Wildman–Crippen LogP) is 3.33. The largest absolute Gasteiger partial charge is 0.414 e. The third kappa shape index (κ3) is 15.3. The van der Waals surface area contributed by atoms with Crippen molar-refractivity contribution in [3.05, 3.63) is 0 Å². The maximum Gasteiger partial charge on any atom is 0.192 e. The van der Waals surface area contributed by atoms with Crippen LogP contribution in [-0.4, -0.2) is 86.9 Å². The third-order valence-corrected chi connectivity index (χ3v) is 8.90. The molecule has 8 heteroatoms. The van der Waals surface area contributed by atoms with Crippen LogP contribution in [-0.2, 0) is 28.1 Å². The second-order valence-corrected chi connectivity index (χ2v) is 12.5. The summed E-state index contributed by atoms with van der Waals surface area (Å²) in [5, 5.41) is 0.235. The zero-order valence-electron chi connectivity index (χ0n) is 17.3. The number of halogens is 1. The zero-order chi connectivity index (χ0) is 19.7. The fraction of sp³-hybridized carbons (Fsp3) is 1.00. The lowest BCUT2D eigenvalue weighted by atomic mass is 10.2. The van der Waals surface area contributed by atoms with Gasteiger partial charge in [-0.05, 0) is 18.1 Å². The standard InChI is InChI=1S/C18H39ClO6Si/c1-18(2,3)26(4,5)25-17-16-24-15-14-23-13-12-22-11-10-21-9-8-20-7-6-19/h6-17H2,1-5H3. The number of hydrogen-bond acceptors (Lipinski definition) is 6. The lowest BCUT2D eigenvalue weighted by molar-refractivity contribution is -0.0121. The monoisotopic (exact) mass is 414 g/mol. The van der Waals surface area contributed by atoms with Gasteiger partial charge in [-0.25, -0.2) is 0 Å². The Hall–Kier alpha value is 0.267. The molecule has 0 spiro atoms. The molecule has 0 aliphatic rings. The van der Waals surface area contributed by atoms with Crippen molar-refractivity contribution in [2.75, 3.05) is 78.6 Å². The van der Waals surface area contributed by atoms with Crippen LogP contribution in [0.5, 0.6) is 0 Å². The van der Waals surface area contributed by atoms with Gasteiger partial charge in [-0.3, -0.25) is 0 Å². The first-order chi connectivity index (χ1) is 12.3. The van der Waals surface area contributed by atoms with Crippen LogP contribution < -0.4 is 0 Å². The van der Waals surface area contributed by atoms with Gasteiger partial charge in [-0.1, -0.05) is 20.8 Å². The Labute approximate surface area is 165 Å². The van der Waals surface area contributed by atoms with Gasteiger partial charge in [0.15, 0.2) is 8.32 Å². The van der Waals surface area contributed by atoms with Crippen molar-refractivity contribution in [1.29, 1.82) is 0 Å². The average molecular weight is 415 g/mol. The summed E-state index contributed by atoms with van der Waals surface area (Å²) < 4.78 is 33.0. The molecule has 0 fully saturated rings. The molecule has 0 aromatic heterocycles. The molecule has 0 aliphatic carbocycles. The lowest BCUT2D eigenvalue weighted by Crippen LogP contribution is -2.41. The first-order valence-electron chi connectivity index (χ1n) is 9.40. The van der Waals surface area contributed by atoms with E-state index in [1.165, 1.54) is 0 Å². The summed E-state index contributed by atoms with van der Waals surface area (Å²) in [5.41, 5.74) is 0. The molecule has 0 rings (SSSR count). The summed E-state index contributed by atoms with van der Waals surface area (Å²) in [6.07, 6.45) is 0. The summed E-state index contributed by atoms with van der Waals surface area (Å²) in [6.45, 7) is 17.5. The highest BCUT2D eigenvalue weighted by Crippen LogP contribution is 2.36. The van der Waals surface area contributed by atoms with E-state index in [-0.39, 0.29) is 5.04 Å². The van der Waals surface area contributed by atoms with Gasteiger partial charge in [0, 0.05) is 5.88 Å². The number of hydrogen-bond donors (Lipinski definition) is 0. The van der Waals surface area contributed by atoms with E-state index in [4.69, 9.17) is 39.7 Å². The Morgan fingerprint density at radius 1 is 0.577 bits per heavy atom. The normalized spacial score (nSPS) is 12.7. The quantitative estimate of drug-likeness (QED) is 0.195. The van der Waals surface area contributed by atoms with Gasteiger partial charge in [-0.15, -0.1) is 11.6 Å². The van der Waals surface area contributed by atoms with E-state index in [1.807, 2.05) is 0 Å². The molecule has 0 radical (unpaired) electrons. The summed E-state index contributed by atoms with van der Waals surface area (Å²) in [5.74, 6) is 0.513. The molecule has 6 nitrogen and oxygen atoms in total. The molecular weight excluding hydrogens is 376 g/mol. The molecule has 0 heterocycles. The van der Waals surface area contributed by atoms with Crippen molar-refractivity contribution < 1.29 is 28.1 Å². The van der Waals surface area contributed by atoms with Gasteiger partial charge in [0.1, 0.15) is 0 Å². The van der Waals surface area contributed by atoms with Gasteiger partial charge >= 0.3 is 0 Å². The minimum Gasteiger partial charge on any atom is -0.414 e. The van der Waals surface area contributed by atoms with E-state index in [9.17, 15) is 0 Å². The van der Waals surface area contributed by atoms with Crippen molar-refractivity contribution in [2.24, 2.45) is 0 Å². The molecule has 0 amide bonds. The predicted molar refractivity (Wildman–Crippen MR) is 108 cm³/mol. The maximum absolute atomic E-state index is 6.04. The van der Waals surface area contributed by atoms with Crippen LogP contribution in [0.3, 0.4) is 0 Å². The average Bonchev–Trinajstić information content (AvgIpc) is 2.56. The van der Waals surface area contributed by atoms with Crippen molar-refractivity contribution in [2.45, 2.75) is 38.9 Å². The topological polar surface area (TPSA) is 55.4 Å². The van der Waals surface area contributed by atoms with Crippen LogP contribution in [0.1, 0.15) is 20.8 Å². The first kappa shape index (κ1) is 26.3. The van der Waals surface area contributed by atoms with E-state index < -0.39 is 8.32 Å².